The zero-order chi connectivity index (χ0) is 20.0. The Balaban J connectivity index is 1.36. The number of nitrogens with zero attached hydrogens (tertiary/aromatic N) is 4. The van der Waals surface area contributed by atoms with Gasteiger partial charge in [-0.2, -0.15) is 0 Å². The van der Waals surface area contributed by atoms with Gasteiger partial charge in [-0.15, -0.1) is 0 Å². The molecule has 1 aliphatic heterocycles. The van der Waals surface area contributed by atoms with Crippen LogP contribution in [0, 0.1) is 0 Å². The number of anilines is 1. The number of rotatable bonds is 3. The number of halogens is 1. The first kappa shape index (κ1) is 17.9. The number of benzene rings is 1. The number of piperidine rings is 1. The molecule has 148 valence electrons. The van der Waals surface area contributed by atoms with Crippen molar-refractivity contribution in [1.82, 2.24) is 24.9 Å². The van der Waals surface area contributed by atoms with Crippen LogP contribution in [0.15, 0.2) is 30.7 Å². The van der Waals surface area contributed by atoms with Crippen LogP contribution in [-0.4, -0.2) is 51.1 Å². The zero-order valence-corrected chi connectivity index (χ0v) is 16.5. The number of aromatic nitrogens is 5. The Morgan fingerprint density at radius 3 is 2.90 bits per heavy atom. The van der Waals surface area contributed by atoms with E-state index in [2.05, 4.69) is 24.8 Å². The first-order chi connectivity index (χ1) is 14.1. The summed E-state index contributed by atoms with van der Waals surface area (Å²) in [6.45, 7) is 1.70. The number of ether oxygens (including phenoxy) is 1. The number of hydrogen-bond donors (Lipinski definition) is 2. The third-order valence-electron chi connectivity index (χ3n) is 5.50. The number of hydrogen-bond acceptors (Lipinski definition) is 6. The van der Waals surface area contributed by atoms with Crippen molar-refractivity contribution in [3.63, 3.8) is 0 Å². The largest absolute Gasteiger partial charge is 0.465 e. The molecule has 2 N–H and O–H groups in total. The smallest absolute Gasteiger partial charge is 0.337 e. The predicted octanol–water partition coefficient (Wildman–Crippen LogP) is 3.66. The van der Waals surface area contributed by atoms with Crippen LogP contribution >= 0.6 is 11.6 Å². The molecule has 0 unspecified atom stereocenters. The molecule has 1 aromatic carbocycles. The standard InChI is InChI=1S/C20H19ClN6O2/c1-29-20(28)12-2-3-14-15(8-12)26-17(25-14)11-4-6-27(7-5-11)19-16-13(21)9-22-18(16)23-10-24-19/h2-3,8-11H,4-7H2,1H3,(H,25,26)(H,22,23,24). The lowest BCUT2D eigenvalue weighted by molar-refractivity contribution is 0.0601. The van der Waals surface area contributed by atoms with Gasteiger partial charge in [0.15, 0.2) is 0 Å². The molecule has 0 atom stereocenters. The molecule has 1 fully saturated rings. The van der Waals surface area contributed by atoms with Crippen molar-refractivity contribution in [3.8, 4) is 0 Å². The Morgan fingerprint density at radius 2 is 2.10 bits per heavy atom. The van der Waals surface area contributed by atoms with Crippen LogP contribution in [-0.2, 0) is 4.74 Å². The van der Waals surface area contributed by atoms with Gasteiger partial charge >= 0.3 is 5.97 Å². The number of nitrogens with one attached hydrogen (secondary N) is 2. The number of esters is 1. The monoisotopic (exact) mass is 410 g/mol. The molecule has 1 saturated heterocycles. The van der Waals surface area contributed by atoms with Gasteiger partial charge in [-0.1, -0.05) is 11.6 Å². The van der Waals surface area contributed by atoms with Crippen molar-refractivity contribution in [2.24, 2.45) is 0 Å². The average Bonchev–Trinajstić information content (AvgIpc) is 3.36. The Hall–Kier alpha value is -3.13. The van der Waals surface area contributed by atoms with E-state index in [4.69, 9.17) is 21.3 Å². The summed E-state index contributed by atoms with van der Waals surface area (Å²) in [7, 11) is 1.38. The highest BCUT2D eigenvalue weighted by molar-refractivity contribution is 6.36. The molecule has 0 aliphatic carbocycles. The summed E-state index contributed by atoms with van der Waals surface area (Å²) in [5.74, 6) is 1.79. The van der Waals surface area contributed by atoms with E-state index in [9.17, 15) is 4.79 Å². The molecule has 0 radical (unpaired) electrons. The van der Waals surface area contributed by atoms with Gasteiger partial charge in [0, 0.05) is 25.2 Å². The Morgan fingerprint density at radius 1 is 1.28 bits per heavy atom. The predicted molar refractivity (Wildman–Crippen MR) is 111 cm³/mol. The summed E-state index contributed by atoms with van der Waals surface area (Å²) in [5, 5.41) is 1.50. The number of imidazole rings is 1. The van der Waals surface area contributed by atoms with E-state index in [1.165, 1.54) is 7.11 Å². The molecule has 4 heterocycles. The first-order valence-corrected chi connectivity index (χ1v) is 9.82. The highest BCUT2D eigenvalue weighted by Gasteiger charge is 2.26. The SMILES string of the molecule is COC(=O)c1ccc2nc(C3CCN(c4ncnc5[nH]cc(Cl)c45)CC3)[nH]c2c1. The first-order valence-electron chi connectivity index (χ1n) is 9.44. The van der Waals surface area contributed by atoms with Crippen molar-refractivity contribution in [2.75, 3.05) is 25.1 Å². The van der Waals surface area contributed by atoms with Crippen molar-refractivity contribution in [1.29, 1.82) is 0 Å². The molecule has 0 spiro atoms. The van der Waals surface area contributed by atoms with Gasteiger partial charge in [-0.3, -0.25) is 0 Å². The fraction of sp³-hybridized carbons (Fsp3) is 0.300. The molecule has 0 amide bonds. The van der Waals surface area contributed by atoms with E-state index in [1.54, 1.807) is 24.7 Å². The van der Waals surface area contributed by atoms with Gasteiger partial charge < -0.3 is 19.6 Å². The molecule has 3 aromatic heterocycles. The summed E-state index contributed by atoms with van der Waals surface area (Å²) in [6.07, 6.45) is 5.19. The lowest BCUT2D eigenvalue weighted by Crippen LogP contribution is -2.34. The van der Waals surface area contributed by atoms with E-state index in [0.29, 0.717) is 16.5 Å². The number of aromatic amines is 2. The van der Waals surface area contributed by atoms with Crippen molar-refractivity contribution in [3.05, 3.63) is 47.1 Å². The van der Waals surface area contributed by atoms with Gasteiger partial charge in [-0.05, 0) is 31.0 Å². The van der Waals surface area contributed by atoms with Gasteiger partial charge in [0.25, 0.3) is 0 Å². The van der Waals surface area contributed by atoms with E-state index < -0.39 is 0 Å². The van der Waals surface area contributed by atoms with Crippen LogP contribution in [0.2, 0.25) is 5.02 Å². The van der Waals surface area contributed by atoms with Crippen molar-refractivity contribution < 1.29 is 9.53 Å². The molecule has 0 bridgehead atoms. The number of carbonyl (C=O) groups excluding carboxylic acids is 1. The van der Waals surface area contributed by atoms with Crippen LogP contribution in [0.5, 0.6) is 0 Å². The topological polar surface area (TPSA) is 99.8 Å². The minimum atomic E-state index is -0.351. The molecule has 9 heteroatoms. The van der Waals surface area contributed by atoms with Crippen molar-refractivity contribution >= 4 is 45.5 Å². The highest BCUT2D eigenvalue weighted by atomic mass is 35.5. The average molecular weight is 411 g/mol. The van der Waals surface area contributed by atoms with Gasteiger partial charge in [0.1, 0.15) is 23.6 Å². The fourth-order valence-electron chi connectivity index (χ4n) is 3.98. The maximum atomic E-state index is 11.7. The molecule has 0 saturated carbocycles. The summed E-state index contributed by atoms with van der Waals surface area (Å²) in [4.78, 5) is 33.9. The maximum absolute atomic E-state index is 11.7. The lowest BCUT2D eigenvalue weighted by Gasteiger charge is -2.32. The molecule has 8 nitrogen and oxygen atoms in total. The molecule has 4 aromatic rings. The Kier molecular flexibility index (Phi) is 4.35. The van der Waals surface area contributed by atoms with Gasteiger partial charge in [0.2, 0.25) is 0 Å². The summed E-state index contributed by atoms with van der Waals surface area (Å²) in [5.41, 5.74) is 2.97. The van der Waals surface area contributed by atoms with E-state index >= 15 is 0 Å². The second kappa shape index (κ2) is 7.04. The highest BCUT2D eigenvalue weighted by Crippen LogP contribution is 2.34. The fourth-order valence-corrected chi connectivity index (χ4v) is 4.21. The van der Waals surface area contributed by atoms with Gasteiger partial charge in [0.05, 0.1) is 34.1 Å². The minimum absolute atomic E-state index is 0.319. The maximum Gasteiger partial charge on any atom is 0.337 e. The summed E-state index contributed by atoms with van der Waals surface area (Å²) >= 11 is 6.33. The molecular weight excluding hydrogens is 392 g/mol. The number of fused-ring (bicyclic) bond motifs is 2. The third kappa shape index (κ3) is 3.09. The van der Waals surface area contributed by atoms with Crippen LogP contribution < -0.4 is 4.90 Å². The van der Waals surface area contributed by atoms with Crippen LogP contribution in [0.1, 0.15) is 34.9 Å². The van der Waals surface area contributed by atoms with E-state index in [0.717, 1.165) is 59.6 Å². The normalized spacial score (nSPS) is 15.3. The number of carbonyl (C=O) groups is 1. The van der Waals surface area contributed by atoms with Crippen LogP contribution in [0.4, 0.5) is 5.82 Å². The van der Waals surface area contributed by atoms with E-state index in [1.807, 2.05) is 6.07 Å². The van der Waals surface area contributed by atoms with E-state index in [-0.39, 0.29) is 5.97 Å². The van der Waals surface area contributed by atoms with Gasteiger partial charge in [-0.25, -0.2) is 19.7 Å². The van der Waals surface area contributed by atoms with Crippen LogP contribution in [0.25, 0.3) is 22.1 Å². The van der Waals surface area contributed by atoms with Crippen molar-refractivity contribution in [2.45, 2.75) is 18.8 Å². The molecular formula is C20H19ClN6O2. The number of H-pyrrole nitrogens is 2. The molecule has 29 heavy (non-hydrogen) atoms. The molecule has 5 rings (SSSR count). The minimum Gasteiger partial charge on any atom is -0.465 e. The quantitative estimate of drug-likeness (QED) is 0.500. The summed E-state index contributed by atoms with van der Waals surface area (Å²) in [6, 6.07) is 5.38. The van der Waals surface area contributed by atoms with Crippen LogP contribution in [0.3, 0.4) is 0 Å². The lowest BCUT2D eigenvalue weighted by atomic mass is 9.96. The third-order valence-corrected chi connectivity index (χ3v) is 5.80. The second-order valence-electron chi connectivity index (χ2n) is 7.16. The molecule has 1 aliphatic rings. The summed E-state index contributed by atoms with van der Waals surface area (Å²) < 4.78 is 4.79. The zero-order valence-electron chi connectivity index (χ0n) is 15.8. The Labute approximate surface area is 171 Å². The second-order valence-corrected chi connectivity index (χ2v) is 7.57. The Bertz CT molecular complexity index is 1210. The number of methoxy groups -OCH3 is 1.